The maximum absolute atomic E-state index is 2.51. The van der Waals surface area contributed by atoms with Crippen LogP contribution in [0.25, 0.3) is 49.0 Å². The maximum Gasteiger partial charge on any atom is 0.224 e. The SMILES string of the molecule is Cc1cc2c3cccc(N(C)C)c3n3c4cccc5cc[n+](C)c(c(c1C)c23)c54. The molecule has 0 unspecified atom stereocenters. The van der Waals surface area contributed by atoms with E-state index in [2.05, 4.69) is 104 Å². The van der Waals surface area contributed by atoms with E-state index in [0.29, 0.717) is 0 Å². The van der Waals surface area contributed by atoms with Crippen LogP contribution in [0.5, 0.6) is 0 Å². The van der Waals surface area contributed by atoms with Gasteiger partial charge in [-0.1, -0.05) is 24.3 Å². The number of aryl methyl sites for hydroxylation is 3. The van der Waals surface area contributed by atoms with E-state index >= 15 is 0 Å². The van der Waals surface area contributed by atoms with Gasteiger partial charge in [-0.25, -0.2) is 4.57 Å². The quantitative estimate of drug-likeness (QED) is 0.209. The molecule has 0 saturated heterocycles. The van der Waals surface area contributed by atoms with Crippen LogP contribution in [0.2, 0.25) is 0 Å². The molecule has 0 radical (unpaired) electrons. The summed E-state index contributed by atoms with van der Waals surface area (Å²) in [7, 11) is 6.44. The molecule has 0 aliphatic heterocycles. The lowest BCUT2D eigenvalue weighted by Gasteiger charge is -2.17. The second-order valence-corrected chi connectivity index (χ2v) is 8.51. The van der Waals surface area contributed by atoms with Gasteiger partial charge < -0.3 is 9.30 Å². The molecule has 3 heteroatoms. The van der Waals surface area contributed by atoms with Gasteiger partial charge in [-0.2, -0.15) is 0 Å². The zero-order valence-corrected chi connectivity index (χ0v) is 17.5. The number of nitrogens with zero attached hydrogens (tertiary/aromatic N) is 3. The number of para-hydroxylation sites is 1. The monoisotopic (exact) mass is 378 g/mol. The second-order valence-electron chi connectivity index (χ2n) is 8.51. The molecule has 0 fully saturated rings. The molecule has 3 aromatic carbocycles. The van der Waals surface area contributed by atoms with Crippen LogP contribution in [-0.4, -0.2) is 18.5 Å². The fraction of sp³-hybridized carbons (Fsp3) is 0.192. The van der Waals surface area contributed by atoms with Crippen molar-refractivity contribution in [3.63, 3.8) is 0 Å². The summed E-state index contributed by atoms with van der Waals surface area (Å²) in [5.41, 5.74) is 9.19. The molecule has 0 spiro atoms. The van der Waals surface area contributed by atoms with Gasteiger partial charge in [0.25, 0.3) is 0 Å². The Morgan fingerprint density at radius 1 is 0.862 bits per heavy atom. The number of anilines is 1. The van der Waals surface area contributed by atoms with E-state index in [1.807, 2.05) is 0 Å². The molecular weight excluding hydrogens is 354 g/mol. The number of aromatic nitrogens is 2. The van der Waals surface area contributed by atoms with E-state index in [1.54, 1.807) is 0 Å². The van der Waals surface area contributed by atoms with Crippen molar-refractivity contribution in [2.45, 2.75) is 13.8 Å². The van der Waals surface area contributed by atoms with Crippen LogP contribution in [0.4, 0.5) is 5.69 Å². The molecule has 0 bridgehead atoms. The van der Waals surface area contributed by atoms with Crippen LogP contribution in [0.15, 0.2) is 54.7 Å². The van der Waals surface area contributed by atoms with Crippen LogP contribution < -0.4 is 9.47 Å². The zero-order chi connectivity index (χ0) is 20.0. The summed E-state index contributed by atoms with van der Waals surface area (Å²) in [5.74, 6) is 0. The van der Waals surface area contributed by atoms with Gasteiger partial charge >= 0.3 is 0 Å². The van der Waals surface area contributed by atoms with Crippen LogP contribution in [-0.2, 0) is 7.05 Å². The Kier molecular flexibility index (Phi) is 3.08. The average Bonchev–Trinajstić information content (AvgIpc) is 3.04. The molecule has 142 valence electrons. The highest BCUT2D eigenvalue weighted by Crippen LogP contribution is 2.43. The Morgan fingerprint density at radius 2 is 1.66 bits per heavy atom. The van der Waals surface area contributed by atoms with Crippen LogP contribution >= 0.6 is 0 Å². The molecule has 0 aliphatic carbocycles. The third-order valence-electron chi connectivity index (χ3n) is 6.67. The van der Waals surface area contributed by atoms with Gasteiger partial charge in [0.1, 0.15) is 7.05 Å². The highest BCUT2D eigenvalue weighted by atomic mass is 15.1. The minimum atomic E-state index is 1.25. The van der Waals surface area contributed by atoms with Gasteiger partial charge in [0, 0.05) is 30.9 Å². The van der Waals surface area contributed by atoms with Crippen molar-refractivity contribution in [2.75, 3.05) is 19.0 Å². The Balaban J connectivity index is 2.14. The van der Waals surface area contributed by atoms with Gasteiger partial charge in [0.2, 0.25) is 5.52 Å². The average molecular weight is 378 g/mol. The van der Waals surface area contributed by atoms with Gasteiger partial charge in [-0.15, -0.1) is 0 Å². The van der Waals surface area contributed by atoms with Gasteiger partial charge in [-0.3, -0.25) is 0 Å². The van der Waals surface area contributed by atoms with Crippen LogP contribution in [0.1, 0.15) is 11.1 Å². The van der Waals surface area contributed by atoms with E-state index in [4.69, 9.17) is 0 Å². The summed E-state index contributed by atoms with van der Waals surface area (Å²) in [4.78, 5) is 2.23. The fourth-order valence-electron chi connectivity index (χ4n) is 5.21. The number of fused-ring (bicyclic) bond motifs is 5. The molecule has 0 N–H and O–H groups in total. The number of hydrogen-bond acceptors (Lipinski definition) is 1. The first-order valence-corrected chi connectivity index (χ1v) is 10.2. The van der Waals surface area contributed by atoms with Crippen molar-refractivity contribution in [1.29, 1.82) is 0 Å². The molecule has 3 heterocycles. The van der Waals surface area contributed by atoms with E-state index in [9.17, 15) is 0 Å². The van der Waals surface area contributed by atoms with Gasteiger partial charge in [0.15, 0.2) is 6.20 Å². The summed E-state index contributed by atoms with van der Waals surface area (Å²) in [6.45, 7) is 4.51. The Bertz CT molecular complexity index is 1600. The molecule has 0 atom stereocenters. The smallest absolute Gasteiger partial charge is 0.224 e. The van der Waals surface area contributed by atoms with Crippen molar-refractivity contribution in [2.24, 2.45) is 7.05 Å². The topological polar surface area (TPSA) is 11.5 Å². The fourth-order valence-corrected chi connectivity index (χ4v) is 5.21. The number of benzene rings is 3. The number of pyridine rings is 2. The standard InChI is InChI=1S/C26H24N3/c1-15-14-19-18-9-7-11-21(27(3)4)24(18)29-20-10-6-8-17-12-13-28(5)26(23(17)20)22(16(15)2)25(19)29/h6-14H,1-5H3/q+1. The molecule has 0 saturated carbocycles. The van der Waals surface area contributed by atoms with Crippen LogP contribution in [0.3, 0.4) is 0 Å². The third-order valence-corrected chi connectivity index (χ3v) is 6.67. The molecule has 0 amide bonds. The predicted molar refractivity (Wildman–Crippen MR) is 124 cm³/mol. The Labute approximate surface area is 169 Å². The summed E-state index contributed by atoms with van der Waals surface area (Å²) in [6.07, 6.45) is 2.19. The first-order valence-electron chi connectivity index (χ1n) is 10.2. The second kappa shape index (κ2) is 5.38. The van der Waals surface area contributed by atoms with Crippen molar-refractivity contribution in [1.82, 2.24) is 4.40 Å². The first kappa shape index (κ1) is 16.6. The summed E-state index contributed by atoms with van der Waals surface area (Å²) < 4.78 is 4.80. The normalized spacial score (nSPS) is 12.3. The minimum Gasteiger partial charge on any atom is -0.376 e. The van der Waals surface area contributed by atoms with Crippen molar-refractivity contribution >= 4 is 54.7 Å². The van der Waals surface area contributed by atoms with Crippen LogP contribution in [0, 0.1) is 13.8 Å². The van der Waals surface area contributed by atoms with Crippen molar-refractivity contribution in [3.8, 4) is 0 Å². The lowest BCUT2D eigenvalue weighted by molar-refractivity contribution is -0.643. The first-order chi connectivity index (χ1) is 14.0. The maximum atomic E-state index is 2.51. The highest BCUT2D eigenvalue weighted by Gasteiger charge is 2.25. The summed E-state index contributed by atoms with van der Waals surface area (Å²) in [6, 6.07) is 18.0. The molecule has 6 rings (SSSR count). The Hall–Kier alpha value is -3.33. The molecule has 6 aromatic rings. The largest absolute Gasteiger partial charge is 0.376 e. The molecular formula is C26H24N3+. The molecule has 29 heavy (non-hydrogen) atoms. The van der Waals surface area contributed by atoms with E-state index < -0.39 is 0 Å². The lowest BCUT2D eigenvalue weighted by atomic mass is 9.96. The molecule has 3 nitrogen and oxygen atoms in total. The van der Waals surface area contributed by atoms with Crippen molar-refractivity contribution in [3.05, 3.63) is 65.9 Å². The van der Waals surface area contributed by atoms with Gasteiger partial charge in [-0.05, 0) is 48.6 Å². The summed E-state index contributed by atoms with van der Waals surface area (Å²) in [5, 5.41) is 6.66. The third kappa shape index (κ3) is 1.90. The van der Waals surface area contributed by atoms with E-state index in [1.165, 1.54) is 65.8 Å². The van der Waals surface area contributed by atoms with Crippen molar-refractivity contribution < 1.29 is 4.57 Å². The zero-order valence-electron chi connectivity index (χ0n) is 17.5. The lowest BCUT2D eigenvalue weighted by Crippen LogP contribution is -2.29. The molecule has 3 aromatic heterocycles. The number of hydrogen-bond donors (Lipinski definition) is 0. The molecule has 0 aliphatic rings. The van der Waals surface area contributed by atoms with Gasteiger partial charge in [0.05, 0.1) is 33.0 Å². The minimum absolute atomic E-state index is 1.25. The summed E-state index contributed by atoms with van der Waals surface area (Å²) >= 11 is 0. The number of rotatable bonds is 1. The highest BCUT2D eigenvalue weighted by molar-refractivity contribution is 6.27. The predicted octanol–water partition coefficient (Wildman–Crippen LogP) is 5.50. The Morgan fingerprint density at radius 3 is 2.45 bits per heavy atom. The van der Waals surface area contributed by atoms with E-state index in [-0.39, 0.29) is 0 Å². The van der Waals surface area contributed by atoms with E-state index in [0.717, 1.165) is 0 Å².